The van der Waals surface area contributed by atoms with Gasteiger partial charge in [0.25, 0.3) is 11.8 Å². The maximum Gasteiger partial charge on any atom is 0.266 e. The van der Waals surface area contributed by atoms with Gasteiger partial charge in [0.15, 0.2) is 0 Å². The molecule has 1 aliphatic carbocycles. The SMILES string of the molecule is COCc1c(C(=O)Nc2ccccc2C(=O)NC2CC2)sc2cccc(F)c12. The molecule has 0 aliphatic heterocycles. The lowest BCUT2D eigenvalue weighted by molar-refractivity contribution is 0.0952. The normalized spacial score (nSPS) is 13.5. The lowest BCUT2D eigenvalue weighted by atomic mass is 10.1. The van der Waals surface area contributed by atoms with Crippen LogP contribution in [0.25, 0.3) is 10.1 Å². The van der Waals surface area contributed by atoms with Gasteiger partial charge in [0.2, 0.25) is 0 Å². The summed E-state index contributed by atoms with van der Waals surface area (Å²) < 4.78 is 20.2. The molecule has 0 atom stereocenters. The number of nitrogens with one attached hydrogen (secondary N) is 2. The van der Waals surface area contributed by atoms with Gasteiger partial charge in [0.05, 0.1) is 22.7 Å². The fourth-order valence-electron chi connectivity index (χ4n) is 3.09. The van der Waals surface area contributed by atoms with Crippen LogP contribution in [0.2, 0.25) is 0 Å². The quantitative estimate of drug-likeness (QED) is 0.649. The predicted molar refractivity (Wildman–Crippen MR) is 107 cm³/mol. The number of rotatable bonds is 6. The maximum absolute atomic E-state index is 14.3. The number of hydrogen-bond acceptors (Lipinski definition) is 4. The summed E-state index contributed by atoms with van der Waals surface area (Å²) in [5.41, 5.74) is 1.34. The van der Waals surface area contributed by atoms with E-state index in [2.05, 4.69) is 10.6 Å². The first kappa shape index (κ1) is 18.6. The summed E-state index contributed by atoms with van der Waals surface area (Å²) in [5.74, 6) is -0.985. The molecule has 7 heteroatoms. The van der Waals surface area contributed by atoms with Crippen LogP contribution in [0.15, 0.2) is 42.5 Å². The second-order valence-electron chi connectivity index (χ2n) is 6.70. The number of hydrogen-bond donors (Lipinski definition) is 2. The van der Waals surface area contributed by atoms with Crippen molar-refractivity contribution < 1.29 is 18.7 Å². The van der Waals surface area contributed by atoms with Crippen LogP contribution in [0, 0.1) is 5.82 Å². The summed E-state index contributed by atoms with van der Waals surface area (Å²) in [4.78, 5) is 25.8. The molecule has 1 heterocycles. The van der Waals surface area contributed by atoms with Crippen molar-refractivity contribution in [2.75, 3.05) is 12.4 Å². The van der Waals surface area contributed by atoms with Crippen molar-refractivity contribution in [1.82, 2.24) is 5.32 Å². The average Bonchev–Trinajstić information content (AvgIpc) is 3.41. The molecule has 144 valence electrons. The Bertz CT molecular complexity index is 1060. The summed E-state index contributed by atoms with van der Waals surface area (Å²) in [6.07, 6.45) is 1.96. The number of anilines is 1. The summed E-state index contributed by atoms with van der Waals surface area (Å²) in [6, 6.07) is 11.8. The zero-order valence-corrected chi connectivity index (χ0v) is 16.1. The molecule has 0 saturated heterocycles. The fourth-order valence-corrected chi connectivity index (χ4v) is 4.21. The fraction of sp³-hybridized carbons (Fsp3) is 0.238. The smallest absolute Gasteiger partial charge is 0.266 e. The molecule has 1 fully saturated rings. The largest absolute Gasteiger partial charge is 0.380 e. The Hall–Kier alpha value is -2.77. The van der Waals surface area contributed by atoms with E-state index >= 15 is 0 Å². The molecule has 1 saturated carbocycles. The number of carbonyl (C=O) groups is 2. The molecule has 0 radical (unpaired) electrons. The number of amides is 2. The number of benzene rings is 2. The number of halogens is 1. The van der Waals surface area contributed by atoms with Crippen LogP contribution in [-0.4, -0.2) is 25.0 Å². The van der Waals surface area contributed by atoms with E-state index < -0.39 is 0 Å². The highest BCUT2D eigenvalue weighted by Gasteiger charge is 2.26. The van der Waals surface area contributed by atoms with Crippen molar-refractivity contribution in [3.05, 3.63) is 64.3 Å². The third kappa shape index (κ3) is 3.63. The van der Waals surface area contributed by atoms with Crippen LogP contribution in [0.3, 0.4) is 0 Å². The Morgan fingerprint density at radius 2 is 1.93 bits per heavy atom. The minimum atomic E-state index is -0.390. The zero-order valence-electron chi connectivity index (χ0n) is 15.3. The van der Waals surface area contributed by atoms with Crippen molar-refractivity contribution >= 4 is 38.9 Å². The number of methoxy groups -OCH3 is 1. The molecule has 2 amide bonds. The summed E-state index contributed by atoms with van der Waals surface area (Å²) in [7, 11) is 1.50. The molecule has 1 aromatic heterocycles. The summed E-state index contributed by atoms with van der Waals surface area (Å²) in [5, 5.41) is 6.14. The van der Waals surface area contributed by atoms with Crippen molar-refractivity contribution in [1.29, 1.82) is 0 Å². The van der Waals surface area contributed by atoms with Crippen molar-refractivity contribution in [2.24, 2.45) is 0 Å². The van der Waals surface area contributed by atoms with E-state index in [1.54, 1.807) is 36.4 Å². The predicted octanol–water partition coefficient (Wildman–Crippen LogP) is 4.33. The van der Waals surface area contributed by atoms with E-state index in [1.165, 1.54) is 24.5 Å². The van der Waals surface area contributed by atoms with Crippen LogP contribution in [0.4, 0.5) is 10.1 Å². The molecule has 4 rings (SSSR count). The molecule has 0 spiro atoms. The van der Waals surface area contributed by atoms with Crippen molar-refractivity contribution in [3.63, 3.8) is 0 Å². The van der Waals surface area contributed by atoms with Gasteiger partial charge < -0.3 is 15.4 Å². The number of carbonyl (C=O) groups excluding carboxylic acids is 2. The molecular weight excluding hydrogens is 379 g/mol. The Kier molecular flexibility index (Phi) is 5.11. The Labute approximate surface area is 165 Å². The Balaban J connectivity index is 1.67. The van der Waals surface area contributed by atoms with Gasteiger partial charge in [-0.25, -0.2) is 4.39 Å². The summed E-state index contributed by atoms with van der Waals surface area (Å²) in [6.45, 7) is 0.119. The highest BCUT2D eigenvalue weighted by Crippen LogP contribution is 2.34. The van der Waals surface area contributed by atoms with Crippen molar-refractivity contribution in [3.8, 4) is 0 Å². The first-order chi connectivity index (χ1) is 13.6. The number of ether oxygens (including phenoxy) is 1. The number of thiophene rings is 1. The Morgan fingerprint density at radius 3 is 2.68 bits per heavy atom. The second kappa shape index (κ2) is 7.69. The first-order valence-corrected chi connectivity index (χ1v) is 9.80. The van der Waals surface area contributed by atoms with Crippen LogP contribution < -0.4 is 10.6 Å². The molecular formula is C21H19FN2O3S. The molecule has 1 aliphatic rings. The van der Waals surface area contributed by atoms with E-state index in [4.69, 9.17) is 4.74 Å². The lowest BCUT2D eigenvalue weighted by Crippen LogP contribution is -2.27. The van der Waals surface area contributed by atoms with Crippen LogP contribution in [-0.2, 0) is 11.3 Å². The second-order valence-corrected chi connectivity index (χ2v) is 7.76. The van der Waals surface area contributed by atoms with Gasteiger partial charge >= 0.3 is 0 Å². The molecule has 0 bridgehead atoms. The van der Waals surface area contributed by atoms with Gasteiger partial charge in [-0.3, -0.25) is 9.59 Å². The number of para-hydroxylation sites is 1. The van der Waals surface area contributed by atoms with E-state index in [0.29, 0.717) is 31.8 Å². The van der Waals surface area contributed by atoms with E-state index in [0.717, 1.165) is 12.8 Å². The average molecular weight is 398 g/mol. The molecule has 0 unspecified atom stereocenters. The maximum atomic E-state index is 14.3. The minimum absolute atomic E-state index is 0.119. The van der Waals surface area contributed by atoms with Gasteiger partial charge in [-0.15, -0.1) is 11.3 Å². The van der Waals surface area contributed by atoms with Crippen LogP contribution >= 0.6 is 11.3 Å². The highest BCUT2D eigenvalue weighted by molar-refractivity contribution is 7.21. The van der Waals surface area contributed by atoms with E-state index in [9.17, 15) is 14.0 Å². The minimum Gasteiger partial charge on any atom is -0.380 e. The third-order valence-corrected chi connectivity index (χ3v) is 5.79. The van der Waals surface area contributed by atoms with Gasteiger partial charge in [0.1, 0.15) is 5.82 Å². The summed E-state index contributed by atoms with van der Waals surface area (Å²) >= 11 is 1.21. The molecule has 28 heavy (non-hydrogen) atoms. The van der Waals surface area contributed by atoms with Crippen molar-refractivity contribution in [2.45, 2.75) is 25.5 Å². The van der Waals surface area contributed by atoms with Crippen LogP contribution in [0.1, 0.15) is 38.4 Å². The molecule has 2 N–H and O–H groups in total. The van der Waals surface area contributed by atoms with Crippen LogP contribution in [0.5, 0.6) is 0 Å². The van der Waals surface area contributed by atoms with Gasteiger partial charge in [-0.2, -0.15) is 0 Å². The Morgan fingerprint density at radius 1 is 1.14 bits per heavy atom. The van der Waals surface area contributed by atoms with Gasteiger partial charge in [0, 0.05) is 28.8 Å². The molecule has 5 nitrogen and oxygen atoms in total. The zero-order chi connectivity index (χ0) is 19.7. The lowest BCUT2D eigenvalue weighted by Gasteiger charge is -2.11. The van der Waals surface area contributed by atoms with E-state index in [1.807, 2.05) is 0 Å². The first-order valence-electron chi connectivity index (χ1n) is 8.98. The monoisotopic (exact) mass is 398 g/mol. The van der Waals surface area contributed by atoms with Gasteiger partial charge in [-0.1, -0.05) is 18.2 Å². The standard InChI is InChI=1S/C21H19FN2O3S/c1-27-11-14-18-15(22)6-4-8-17(18)28-19(14)21(26)24-16-7-3-2-5-13(16)20(25)23-12-9-10-12/h2-8,12H,9-11H2,1H3,(H,23,25)(H,24,26). The number of fused-ring (bicyclic) bond motifs is 1. The van der Waals surface area contributed by atoms with E-state index in [-0.39, 0.29) is 30.3 Å². The molecule has 2 aromatic carbocycles. The molecule has 3 aromatic rings. The highest BCUT2D eigenvalue weighted by atomic mass is 32.1. The van der Waals surface area contributed by atoms with Gasteiger partial charge in [-0.05, 0) is 37.1 Å². The topological polar surface area (TPSA) is 67.4 Å². The third-order valence-electron chi connectivity index (χ3n) is 4.59.